The van der Waals surface area contributed by atoms with Crippen molar-refractivity contribution in [2.45, 2.75) is 26.7 Å². The van der Waals surface area contributed by atoms with E-state index in [0.717, 1.165) is 24.6 Å². The minimum Gasteiger partial charge on any atom is -0.384 e. The van der Waals surface area contributed by atoms with Gasteiger partial charge < -0.3 is 10.2 Å². The molecule has 0 spiro atoms. The fraction of sp³-hybridized carbons (Fsp3) is 0.615. The molecule has 88 valence electrons. The Balaban J connectivity index is 2.04. The van der Waals surface area contributed by atoms with Crippen molar-refractivity contribution in [1.82, 2.24) is 4.98 Å². The number of nitrogens with one attached hydrogen (secondary N) is 1. The molecule has 0 saturated carbocycles. The SMILES string of the molecule is CCCNc1cncc(N2CCC(C)C2)c1. The first-order valence-electron chi connectivity index (χ1n) is 6.23. The Morgan fingerprint density at radius 2 is 2.38 bits per heavy atom. The highest BCUT2D eigenvalue weighted by molar-refractivity contribution is 5.56. The van der Waals surface area contributed by atoms with Crippen molar-refractivity contribution in [1.29, 1.82) is 0 Å². The predicted octanol–water partition coefficient (Wildman–Crippen LogP) is 2.75. The molecular formula is C13H21N3. The van der Waals surface area contributed by atoms with E-state index in [0.29, 0.717) is 0 Å². The molecular weight excluding hydrogens is 198 g/mol. The lowest BCUT2D eigenvalue weighted by Crippen LogP contribution is -2.19. The second kappa shape index (κ2) is 5.19. The van der Waals surface area contributed by atoms with Crippen LogP contribution in [0.3, 0.4) is 0 Å². The highest BCUT2D eigenvalue weighted by Crippen LogP contribution is 2.24. The maximum absolute atomic E-state index is 4.30. The zero-order chi connectivity index (χ0) is 11.4. The molecule has 1 fully saturated rings. The van der Waals surface area contributed by atoms with E-state index in [2.05, 4.69) is 35.1 Å². The van der Waals surface area contributed by atoms with Gasteiger partial charge in [-0.25, -0.2) is 0 Å². The second-order valence-corrected chi connectivity index (χ2v) is 4.70. The summed E-state index contributed by atoms with van der Waals surface area (Å²) in [6.45, 7) is 7.83. The molecule has 2 rings (SSSR count). The molecule has 1 N–H and O–H groups in total. The van der Waals surface area contributed by atoms with E-state index in [-0.39, 0.29) is 0 Å². The molecule has 0 aliphatic carbocycles. The van der Waals surface area contributed by atoms with Crippen LogP contribution in [0.4, 0.5) is 11.4 Å². The highest BCUT2D eigenvalue weighted by atomic mass is 15.2. The Bertz CT molecular complexity index is 338. The number of aromatic nitrogens is 1. The van der Waals surface area contributed by atoms with Gasteiger partial charge in [0.05, 0.1) is 23.8 Å². The average molecular weight is 219 g/mol. The monoisotopic (exact) mass is 219 g/mol. The zero-order valence-corrected chi connectivity index (χ0v) is 10.2. The van der Waals surface area contributed by atoms with Crippen LogP contribution in [0.5, 0.6) is 0 Å². The van der Waals surface area contributed by atoms with E-state index in [4.69, 9.17) is 0 Å². The van der Waals surface area contributed by atoms with E-state index >= 15 is 0 Å². The molecule has 16 heavy (non-hydrogen) atoms. The minimum absolute atomic E-state index is 0.812. The number of anilines is 2. The third-order valence-corrected chi connectivity index (χ3v) is 3.09. The van der Waals surface area contributed by atoms with Gasteiger partial charge in [-0.1, -0.05) is 13.8 Å². The van der Waals surface area contributed by atoms with Crippen LogP contribution in [0.1, 0.15) is 26.7 Å². The molecule has 1 aromatic heterocycles. The van der Waals surface area contributed by atoms with Crippen molar-refractivity contribution in [3.05, 3.63) is 18.5 Å². The molecule has 1 aliphatic heterocycles. The van der Waals surface area contributed by atoms with Crippen LogP contribution in [0.25, 0.3) is 0 Å². The standard InChI is InChI=1S/C13H21N3/c1-3-5-15-12-7-13(9-14-8-12)16-6-4-11(2)10-16/h7-9,11,15H,3-6,10H2,1-2H3. The summed E-state index contributed by atoms with van der Waals surface area (Å²) in [4.78, 5) is 6.73. The third kappa shape index (κ3) is 2.65. The molecule has 0 bridgehead atoms. The van der Waals surface area contributed by atoms with Gasteiger partial charge >= 0.3 is 0 Å². The third-order valence-electron chi connectivity index (χ3n) is 3.09. The van der Waals surface area contributed by atoms with Gasteiger partial charge in [0.25, 0.3) is 0 Å². The summed E-state index contributed by atoms with van der Waals surface area (Å²) in [7, 11) is 0. The van der Waals surface area contributed by atoms with Gasteiger partial charge in [-0.05, 0) is 24.8 Å². The smallest absolute Gasteiger partial charge is 0.0573 e. The highest BCUT2D eigenvalue weighted by Gasteiger charge is 2.19. The fourth-order valence-corrected chi connectivity index (χ4v) is 2.14. The molecule has 3 heteroatoms. The average Bonchev–Trinajstić information content (AvgIpc) is 2.74. The first-order chi connectivity index (χ1) is 7.79. The molecule has 1 aromatic rings. The van der Waals surface area contributed by atoms with Crippen molar-refractivity contribution < 1.29 is 0 Å². The van der Waals surface area contributed by atoms with Gasteiger partial charge in [-0.15, -0.1) is 0 Å². The van der Waals surface area contributed by atoms with Crippen LogP contribution in [0.15, 0.2) is 18.5 Å². The molecule has 1 atom stereocenters. The summed E-state index contributed by atoms with van der Waals surface area (Å²) in [5.74, 6) is 0.812. The van der Waals surface area contributed by atoms with E-state index in [1.807, 2.05) is 12.4 Å². The van der Waals surface area contributed by atoms with Crippen LogP contribution >= 0.6 is 0 Å². The quantitative estimate of drug-likeness (QED) is 0.844. The van der Waals surface area contributed by atoms with Crippen molar-refractivity contribution in [3.8, 4) is 0 Å². The first kappa shape index (κ1) is 11.2. The topological polar surface area (TPSA) is 28.2 Å². The Kier molecular flexibility index (Phi) is 3.65. The molecule has 1 unspecified atom stereocenters. The Morgan fingerprint density at radius 1 is 1.50 bits per heavy atom. The molecule has 2 heterocycles. The predicted molar refractivity (Wildman–Crippen MR) is 69.0 cm³/mol. The van der Waals surface area contributed by atoms with Crippen molar-refractivity contribution in [3.63, 3.8) is 0 Å². The Hall–Kier alpha value is -1.25. The van der Waals surface area contributed by atoms with Crippen molar-refractivity contribution in [2.75, 3.05) is 29.9 Å². The maximum Gasteiger partial charge on any atom is 0.0573 e. The molecule has 1 aliphatic rings. The van der Waals surface area contributed by atoms with Gasteiger partial charge in [0.1, 0.15) is 0 Å². The summed E-state index contributed by atoms with van der Waals surface area (Å²) < 4.78 is 0. The van der Waals surface area contributed by atoms with Gasteiger partial charge in [0.2, 0.25) is 0 Å². The van der Waals surface area contributed by atoms with Crippen molar-refractivity contribution in [2.24, 2.45) is 5.92 Å². The summed E-state index contributed by atoms with van der Waals surface area (Å²) in [6.07, 6.45) is 6.31. The number of nitrogens with zero attached hydrogens (tertiary/aromatic N) is 2. The minimum atomic E-state index is 0.812. The normalized spacial score (nSPS) is 20.1. The second-order valence-electron chi connectivity index (χ2n) is 4.70. The lowest BCUT2D eigenvalue weighted by molar-refractivity contribution is 0.659. The van der Waals surface area contributed by atoms with Gasteiger partial charge in [-0.2, -0.15) is 0 Å². The summed E-state index contributed by atoms with van der Waals surface area (Å²) in [5, 5.41) is 3.38. The number of hydrogen-bond donors (Lipinski definition) is 1. The fourth-order valence-electron chi connectivity index (χ4n) is 2.14. The first-order valence-corrected chi connectivity index (χ1v) is 6.23. The molecule has 0 radical (unpaired) electrons. The molecule has 0 aromatic carbocycles. The van der Waals surface area contributed by atoms with E-state index in [1.165, 1.54) is 25.2 Å². The zero-order valence-electron chi connectivity index (χ0n) is 10.2. The van der Waals surface area contributed by atoms with Crippen LogP contribution in [-0.2, 0) is 0 Å². The van der Waals surface area contributed by atoms with Crippen LogP contribution in [-0.4, -0.2) is 24.6 Å². The number of rotatable bonds is 4. The van der Waals surface area contributed by atoms with Crippen LogP contribution in [0.2, 0.25) is 0 Å². The number of hydrogen-bond acceptors (Lipinski definition) is 3. The van der Waals surface area contributed by atoms with Gasteiger partial charge in [0, 0.05) is 19.6 Å². The Morgan fingerprint density at radius 3 is 3.06 bits per heavy atom. The van der Waals surface area contributed by atoms with E-state index in [9.17, 15) is 0 Å². The molecule has 0 amide bonds. The van der Waals surface area contributed by atoms with E-state index in [1.54, 1.807) is 0 Å². The van der Waals surface area contributed by atoms with Crippen molar-refractivity contribution >= 4 is 11.4 Å². The van der Waals surface area contributed by atoms with E-state index < -0.39 is 0 Å². The van der Waals surface area contributed by atoms with Gasteiger partial charge in [0.15, 0.2) is 0 Å². The van der Waals surface area contributed by atoms with Crippen LogP contribution < -0.4 is 10.2 Å². The lowest BCUT2D eigenvalue weighted by atomic mass is 10.2. The molecule has 1 saturated heterocycles. The summed E-state index contributed by atoms with van der Waals surface area (Å²) in [5.41, 5.74) is 2.39. The Labute approximate surface area is 97.9 Å². The van der Waals surface area contributed by atoms with Gasteiger partial charge in [-0.3, -0.25) is 4.98 Å². The largest absolute Gasteiger partial charge is 0.384 e. The summed E-state index contributed by atoms with van der Waals surface area (Å²) >= 11 is 0. The maximum atomic E-state index is 4.30. The number of pyridine rings is 1. The molecule has 3 nitrogen and oxygen atoms in total. The summed E-state index contributed by atoms with van der Waals surface area (Å²) in [6, 6.07) is 2.21. The van der Waals surface area contributed by atoms with Crippen LogP contribution in [0, 0.1) is 5.92 Å². The lowest BCUT2D eigenvalue weighted by Gasteiger charge is -2.18.